The number of rotatable bonds is 3. The average Bonchev–Trinajstić information content (AvgIpc) is 3.12. The zero-order valence-electron chi connectivity index (χ0n) is 10.1. The molecule has 1 saturated heterocycles. The number of amides is 1. The molecule has 3 rings (SSSR count). The van der Waals surface area contributed by atoms with E-state index in [1.54, 1.807) is 0 Å². The summed E-state index contributed by atoms with van der Waals surface area (Å²) in [4.78, 5) is 14.6. The summed E-state index contributed by atoms with van der Waals surface area (Å²) in [5.41, 5.74) is 0. The number of piperazine rings is 1. The molecule has 90 valence electrons. The van der Waals surface area contributed by atoms with Crippen molar-refractivity contribution in [3.05, 3.63) is 0 Å². The minimum atomic E-state index is 0.394. The van der Waals surface area contributed by atoms with Gasteiger partial charge in [0.15, 0.2) is 0 Å². The van der Waals surface area contributed by atoms with Crippen LogP contribution in [-0.4, -0.2) is 36.5 Å². The fourth-order valence-electron chi connectivity index (χ4n) is 3.04. The van der Waals surface area contributed by atoms with Crippen LogP contribution in [0.25, 0.3) is 0 Å². The van der Waals surface area contributed by atoms with Gasteiger partial charge in [0.2, 0.25) is 5.91 Å². The van der Waals surface area contributed by atoms with Gasteiger partial charge in [-0.2, -0.15) is 0 Å². The summed E-state index contributed by atoms with van der Waals surface area (Å²) in [6.07, 6.45) is 5.20. The van der Waals surface area contributed by atoms with Crippen LogP contribution in [0.4, 0.5) is 0 Å². The standard InChI is InChI=1S/C13H22N2O/c1-9-8-15(7-6-14-9)13(16)12(10-2-3-10)11-4-5-11/h9-12,14H,2-8H2,1H3/t9-/m1/s1. The molecule has 0 unspecified atom stereocenters. The SMILES string of the molecule is C[C@@H]1CN(C(=O)C(C2CC2)C2CC2)CCN1. The van der Waals surface area contributed by atoms with Gasteiger partial charge in [0.25, 0.3) is 0 Å². The highest BCUT2D eigenvalue weighted by Crippen LogP contribution is 2.49. The first kappa shape index (κ1) is 10.6. The number of hydrogen-bond donors (Lipinski definition) is 1. The van der Waals surface area contributed by atoms with Gasteiger partial charge in [-0.15, -0.1) is 0 Å². The van der Waals surface area contributed by atoms with E-state index in [1.807, 2.05) is 0 Å². The third-order valence-electron chi connectivity index (χ3n) is 4.23. The molecule has 2 aliphatic carbocycles. The molecule has 3 nitrogen and oxygen atoms in total. The van der Waals surface area contributed by atoms with E-state index < -0.39 is 0 Å². The van der Waals surface area contributed by atoms with Crippen molar-refractivity contribution in [1.29, 1.82) is 0 Å². The maximum Gasteiger partial charge on any atom is 0.226 e. The van der Waals surface area contributed by atoms with Gasteiger partial charge in [-0.1, -0.05) is 0 Å². The van der Waals surface area contributed by atoms with Crippen molar-refractivity contribution in [2.45, 2.75) is 38.6 Å². The van der Waals surface area contributed by atoms with Crippen molar-refractivity contribution in [2.24, 2.45) is 17.8 Å². The summed E-state index contributed by atoms with van der Waals surface area (Å²) < 4.78 is 0. The molecule has 1 amide bonds. The molecule has 0 aromatic carbocycles. The lowest BCUT2D eigenvalue weighted by molar-refractivity contribution is -0.138. The molecule has 3 fully saturated rings. The molecule has 0 radical (unpaired) electrons. The van der Waals surface area contributed by atoms with Gasteiger partial charge in [0, 0.05) is 31.6 Å². The zero-order valence-corrected chi connectivity index (χ0v) is 10.1. The van der Waals surface area contributed by atoms with Crippen molar-refractivity contribution in [1.82, 2.24) is 10.2 Å². The van der Waals surface area contributed by atoms with E-state index in [0.717, 1.165) is 31.5 Å². The average molecular weight is 222 g/mol. The van der Waals surface area contributed by atoms with E-state index >= 15 is 0 Å². The van der Waals surface area contributed by atoms with Crippen molar-refractivity contribution in [3.8, 4) is 0 Å². The number of carbonyl (C=O) groups is 1. The largest absolute Gasteiger partial charge is 0.340 e. The smallest absolute Gasteiger partial charge is 0.226 e. The lowest BCUT2D eigenvalue weighted by atomic mass is 9.95. The Hall–Kier alpha value is -0.570. The van der Waals surface area contributed by atoms with Crippen LogP contribution in [0.3, 0.4) is 0 Å². The Balaban J connectivity index is 1.65. The Morgan fingerprint density at radius 2 is 1.88 bits per heavy atom. The van der Waals surface area contributed by atoms with Crippen LogP contribution >= 0.6 is 0 Å². The number of carbonyl (C=O) groups excluding carboxylic acids is 1. The van der Waals surface area contributed by atoms with Gasteiger partial charge in [0.1, 0.15) is 0 Å². The molecule has 3 heteroatoms. The molecule has 1 aliphatic heterocycles. The van der Waals surface area contributed by atoms with E-state index in [9.17, 15) is 4.79 Å². The molecular formula is C13H22N2O. The maximum absolute atomic E-state index is 12.5. The van der Waals surface area contributed by atoms with Gasteiger partial charge in [-0.25, -0.2) is 0 Å². The predicted octanol–water partition coefficient (Wildman–Crippen LogP) is 1.24. The predicted molar refractivity (Wildman–Crippen MR) is 63.0 cm³/mol. The van der Waals surface area contributed by atoms with Gasteiger partial charge in [-0.3, -0.25) is 4.79 Å². The normalized spacial score (nSPS) is 30.9. The lowest BCUT2D eigenvalue weighted by Gasteiger charge is -2.34. The molecule has 1 heterocycles. The number of nitrogens with one attached hydrogen (secondary N) is 1. The molecule has 0 aromatic rings. The molecule has 1 N–H and O–H groups in total. The first-order valence-corrected chi connectivity index (χ1v) is 6.78. The first-order chi connectivity index (χ1) is 7.75. The molecule has 3 aliphatic rings. The number of hydrogen-bond acceptors (Lipinski definition) is 2. The zero-order chi connectivity index (χ0) is 11.1. The Morgan fingerprint density at radius 3 is 2.38 bits per heavy atom. The molecule has 2 saturated carbocycles. The van der Waals surface area contributed by atoms with Gasteiger partial charge in [0.05, 0.1) is 0 Å². The molecule has 16 heavy (non-hydrogen) atoms. The summed E-state index contributed by atoms with van der Waals surface area (Å²) in [6, 6.07) is 0.469. The van der Waals surface area contributed by atoms with Crippen molar-refractivity contribution >= 4 is 5.91 Å². The third kappa shape index (κ3) is 2.10. The molecule has 0 aromatic heterocycles. The quantitative estimate of drug-likeness (QED) is 0.779. The first-order valence-electron chi connectivity index (χ1n) is 6.78. The van der Waals surface area contributed by atoms with Crippen molar-refractivity contribution in [2.75, 3.05) is 19.6 Å². The van der Waals surface area contributed by atoms with Gasteiger partial charge >= 0.3 is 0 Å². The van der Waals surface area contributed by atoms with E-state index in [1.165, 1.54) is 25.7 Å². The van der Waals surface area contributed by atoms with Crippen LogP contribution in [0.5, 0.6) is 0 Å². The summed E-state index contributed by atoms with van der Waals surface area (Å²) in [6.45, 7) is 4.96. The van der Waals surface area contributed by atoms with Crippen LogP contribution in [0.15, 0.2) is 0 Å². The second-order valence-corrected chi connectivity index (χ2v) is 5.84. The topological polar surface area (TPSA) is 32.3 Å². The highest BCUT2D eigenvalue weighted by atomic mass is 16.2. The van der Waals surface area contributed by atoms with Crippen molar-refractivity contribution in [3.63, 3.8) is 0 Å². The van der Waals surface area contributed by atoms with Gasteiger partial charge < -0.3 is 10.2 Å². The van der Waals surface area contributed by atoms with E-state index in [2.05, 4.69) is 17.1 Å². The summed E-state index contributed by atoms with van der Waals surface area (Å²) in [5, 5.41) is 3.40. The lowest BCUT2D eigenvalue weighted by Crippen LogP contribution is -2.53. The Morgan fingerprint density at radius 1 is 1.25 bits per heavy atom. The minimum Gasteiger partial charge on any atom is -0.340 e. The van der Waals surface area contributed by atoms with Crippen LogP contribution in [0, 0.1) is 17.8 Å². The number of nitrogens with zero attached hydrogens (tertiary/aromatic N) is 1. The highest BCUT2D eigenvalue weighted by molar-refractivity contribution is 5.80. The van der Waals surface area contributed by atoms with Gasteiger partial charge in [-0.05, 0) is 44.4 Å². The molecular weight excluding hydrogens is 200 g/mol. The van der Waals surface area contributed by atoms with Crippen LogP contribution < -0.4 is 5.32 Å². The summed E-state index contributed by atoms with van der Waals surface area (Å²) >= 11 is 0. The van der Waals surface area contributed by atoms with Crippen LogP contribution in [0.2, 0.25) is 0 Å². The maximum atomic E-state index is 12.5. The highest BCUT2D eigenvalue weighted by Gasteiger charge is 2.47. The Labute approximate surface area is 97.6 Å². The summed E-state index contributed by atoms with van der Waals surface area (Å²) in [7, 11) is 0. The monoisotopic (exact) mass is 222 g/mol. The fraction of sp³-hybridized carbons (Fsp3) is 0.923. The van der Waals surface area contributed by atoms with E-state index in [0.29, 0.717) is 17.9 Å². The second-order valence-electron chi connectivity index (χ2n) is 5.84. The van der Waals surface area contributed by atoms with E-state index in [-0.39, 0.29) is 0 Å². The molecule has 0 bridgehead atoms. The fourth-order valence-corrected chi connectivity index (χ4v) is 3.04. The minimum absolute atomic E-state index is 0.394. The van der Waals surface area contributed by atoms with E-state index in [4.69, 9.17) is 0 Å². The molecule has 0 spiro atoms. The Bertz CT molecular complexity index is 272. The van der Waals surface area contributed by atoms with Crippen molar-refractivity contribution < 1.29 is 4.79 Å². The van der Waals surface area contributed by atoms with Crippen LogP contribution in [0.1, 0.15) is 32.6 Å². The third-order valence-corrected chi connectivity index (χ3v) is 4.23. The Kier molecular flexibility index (Phi) is 2.66. The molecule has 1 atom stereocenters. The second kappa shape index (κ2) is 4.02. The summed E-state index contributed by atoms with van der Waals surface area (Å²) in [5.74, 6) is 2.35. The van der Waals surface area contributed by atoms with Crippen LogP contribution in [-0.2, 0) is 4.79 Å².